The lowest BCUT2D eigenvalue weighted by Gasteiger charge is -2.30. The lowest BCUT2D eigenvalue weighted by atomic mass is 9.86. The van der Waals surface area contributed by atoms with E-state index in [0.29, 0.717) is 10.7 Å². The molecule has 2 amide bonds. The second-order valence-electron chi connectivity index (χ2n) is 5.70. The maximum Gasteiger partial charge on any atom is 0.319 e. The molecule has 2 atom stereocenters. The number of carbonyl (C=O) groups excluding carboxylic acids is 1. The van der Waals surface area contributed by atoms with Crippen molar-refractivity contribution in [2.24, 2.45) is 5.41 Å². The Hall–Kier alpha value is -0.910. The number of nitrogens with one attached hydrogen (secondary N) is 2. The number of hydrogen-bond acceptors (Lipinski definition) is 3. The van der Waals surface area contributed by atoms with Crippen LogP contribution in [-0.2, 0) is 0 Å². The normalized spacial score (nSPS) is 24.9. The van der Waals surface area contributed by atoms with Crippen molar-refractivity contribution >= 4 is 35.1 Å². The molecule has 1 aliphatic rings. The van der Waals surface area contributed by atoms with Crippen LogP contribution in [0, 0.1) is 5.41 Å². The molecule has 0 radical (unpaired) electrons. The van der Waals surface area contributed by atoms with Crippen LogP contribution < -0.4 is 10.6 Å². The number of carbonyl (C=O) groups is 1. The summed E-state index contributed by atoms with van der Waals surface area (Å²) in [6.07, 6.45) is 4.81. The van der Waals surface area contributed by atoms with Crippen LogP contribution in [0.25, 0.3) is 0 Å². The van der Waals surface area contributed by atoms with Crippen LogP contribution in [0.5, 0.6) is 0 Å². The van der Waals surface area contributed by atoms with Gasteiger partial charge in [-0.05, 0) is 37.3 Å². The average Bonchev–Trinajstić information content (AvgIpc) is 2.81. The van der Waals surface area contributed by atoms with E-state index in [0.717, 1.165) is 24.2 Å². The van der Waals surface area contributed by atoms with Crippen LogP contribution in [-0.4, -0.2) is 30.0 Å². The van der Waals surface area contributed by atoms with Crippen molar-refractivity contribution in [1.82, 2.24) is 5.32 Å². The van der Waals surface area contributed by atoms with Crippen LogP contribution in [0.1, 0.15) is 26.2 Å². The topological polar surface area (TPSA) is 61.4 Å². The van der Waals surface area contributed by atoms with Gasteiger partial charge in [-0.2, -0.15) is 0 Å². The van der Waals surface area contributed by atoms with Gasteiger partial charge in [-0.25, -0.2) is 4.79 Å². The fourth-order valence-electron chi connectivity index (χ4n) is 2.74. The minimum atomic E-state index is -0.255. The van der Waals surface area contributed by atoms with Gasteiger partial charge < -0.3 is 15.7 Å². The summed E-state index contributed by atoms with van der Waals surface area (Å²) >= 11 is 7.69. The Morgan fingerprint density at radius 3 is 2.95 bits per heavy atom. The van der Waals surface area contributed by atoms with Gasteiger partial charge in [-0.15, -0.1) is 11.8 Å². The molecule has 1 saturated carbocycles. The number of benzene rings is 1. The van der Waals surface area contributed by atoms with Crippen LogP contribution in [0.4, 0.5) is 10.5 Å². The molecule has 1 aliphatic carbocycles. The number of rotatable bonds is 4. The molecule has 0 spiro atoms. The van der Waals surface area contributed by atoms with Gasteiger partial charge >= 0.3 is 6.03 Å². The first-order chi connectivity index (χ1) is 9.98. The first kappa shape index (κ1) is 16.5. The molecule has 116 valence electrons. The van der Waals surface area contributed by atoms with E-state index in [2.05, 4.69) is 10.6 Å². The third kappa shape index (κ3) is 3.84. The highest BCUT2D eigenvalue weighted by molar-refractivity contribution is 7.98. The Morgan fingerprint density at radius 1 is 1.57 bits per heavy atom. The molecule has 1 fully saturated rings. The predicted octanol–water partition coefficient (Wildman–Crippen LogP) is 3.73. The van der Waals surface area contributed by atoms with E-state index in [-0.39, 0.29) is 24.1 Å². The van der Waals surface area contributed by atoms with Crippen molar-refractivity contribution in [3.05, 3.63) is 23.2 Å². The van der Waals surface area contributed by atoms with Gasteiger partial charge in [-0.1, -0.05) is 24.9 Å². The quantitative estimate of drug-likeness (QED) is 0.738. The van der Waals surface area contributed by atoms with E-state index in [4.69, 9.17) is 11.6 Å². The van der Waals surface area contributed by atoms with Crippen molar-refractivity contribution < 1.29 is 9.90 Å². The molecule has 0 aliphatic heterocycles. The highest BCUT2D eigenvalue weighted by Gasteiger charge is 2.39. The van der Waals surface area contributed by atoms with Gasteiger partial charge in [-0.3, -0.25) is 0 Å². The number of halogens is 1. The highest BCUT2D eigenvalue weighted by Crippen LogP contribution is 2.37. The molecule has 3 N–H and O–H groups in total. The van der Waals surface area contributed by atoms with Crippen molar-refractivity contribution in [3.8, 4) is 0 Å². The zero-order valence-corrected chi connectivity index (χ0v) is 13.9. The van der Waals surface area contributed by atoms with Crippen molar-refractivity contribution in [2.75, 3.05) is 18.2 Å². The molecule has 1 aromatic carbocycles. The van der Waals surface area contributed by atoms with Gasteiger partial charge in [0, 0.05) is 22.0 Å². The summed E-state index contributed by atoms with van der Waals surface area (Å²) in [6, 6.07) is 5.21. The molecule has 21 heavy (non-hydrogen) atoms. The van der Waals surface area contributed by atoms with E-state index in [1.807, 2.05) is 25.3 Å². The van der Waals surface area contributed by atoms with Crippen molar-refractivity contribution in [3.63, 3.8) is 0 Å². The number of thioether (sulfide) groups is 1. The van der Waals surface area contributed by atoms with E-state index < -0.39 is 0 Å². The van der Waals surface area contributed by atoms with Crippen LogP contribution in [0.3, 0.4) is 0 Å². The molecule has 0 heterocycles. The third-order valence-electron chi connectivity index (χ3n) is 4.16. The van der Waals surface area contributed by atoms with Gasteiger partial charge in [0.1, 0.15) is 0 Å². The number of hydrogen-bond donors (Lipinski definition) is 3. The number of aliphatic hydroxyl groups excluding tert-OH is 1. The minimum absolute atomic E-state index is 0.00319. The minimum Gasteiger partial charge on any atom is -0.396 e. The van der Waals surface area contributed by atoms with E-state index >= 15 is 0 Å². The summed E-state index contributed by atoms with van der Waals surface area (Å²) < 4.78 is 0. The summed E-state index contributed by atoms with van der Waals surface area (Å²) in [4.78, 5) is 13.1. The smallest absolute Gasteiger partial charge is 0.319 e. The zero-order valence-electron chi connectivity index (χ0n) is 12.3. The Balaban J connectivity index is 1.97. The van der Waals surface area contributed by atoms with Gasteiger partial charge in [0.25, 0.3) is 0 Å². The number of amides is 2. The lowest BCUT2D eigenvalue weighted by molar-refractivity contribution is 0.122. The Labute approximate surface area is 134 Å². The summed E-state index contributed by atoms with van der Waals surface area (Å²) in [5.74, 6) is 0. The monoisotopic (exact) mass is 328 g/mol. The first-order valence-corrected chi connectivity index (χ1v) is 8.61. The third-order valence-corrected chi connectivity index (χ3v) is 5.38. The molecule has 0 bridgehead atoms. The summed E-state index contributed by atoms with van der Waals surface area (Å²) in [5, 5.41) is 15.9. The fraction of sp³-hybridized carbons (Fsp3) is 0.533. The van der Waals surface area contributed by atoms with Gasteiger partial charge in [0.05, 0.1) is 11.6 Å². The largest absolute Gasteiger partial charge is 0.396 e. The number of urea groups is 1. The standard InChI is InChI=1S/C15H21ClN2O2S/c1-15(9-19)7-3-4-13(15)18-14(20)17-10-5-6-12(21-2)11(16)8-10/h5-6,8,13,19H,3-4,7,9H2,1-2H3,(H2,17,18,20)/t13-,15+/m0/s1. The molecule has 4 nitrogen and oxygen atoms in total. The fourth-order valence-corrected chi connectivity index (χ4v) is 3.61. The van der Waals surface area contributed by atoms with E-state index in [9.17, 15) is 9.90 Å². The number of anilines is 1. The maximum atomic E-state index is 12.1. The number of aliphatic hydroxyl groups is 1. The van der Waals surface area contributed by atoms with Crippen molar-refractivity contribution in [1.29, 1.82) is 0 Å². The summed E-state index contributed by atoms with van der Waals surface area (Å²) in [7, 11) is 0. The zero-order chi connectivity index (χ0) is 15.5. The lowest BCUT2D eigenvalue weighted by Crippen LogP contribution is -2.46. The Kier molecular flexibility index (Phi) is 5.41. The average molecular weight is 329 g/mol. The second kappa shape index (κ2) is 6.90. The second-order valence-corrected chi connectivity index (χ2v) is 6.96. The predicted molar refractivity (Wildman–Crippen MR) is 88.2 cm³/mol. The highest BCUT2D eigenvalue weighted by atomic mass is 35.5. The van der Waals surface area contributed by atoms with Gasteiger partial charge in [0.2, 0.25) is 0 Å². The molecule has 2 rings (SSSR count). The SMILES string of the molecule is CSc1ccc(NC(=O)N[C@H]2CCC[C@]2(C)CO)cc1Cl. The van der Waals surface area contributed by atoms with E-state index in [1.165, 1.54) is 0 Å². The van der Waals surface area contributed by atoms with Crippen molar-refractivity contribution in [2.45, 2.75) is 37.1 Å². The van der Waals surface area contributed by atoms with Crippen LogP contribution in [0.2, 0.25) is 5.02 Å². The molecular formula is C15H21ClN2O2S. The summed E-state index contributed by atoms with van der Waals surface area (Å²) in [6.45, 7) is 2.10. The van der Waals surface area contributed by atoms with Crippen LogP contribution >= 0.6 is 23.4 Å². The Morgan fingerprint density at radius 2 is 2.33 bits per heavy atom. The maximum absolute atomic E-state index is 12.1. The molecule has 0 aromatic heterocycles. The molecular weight excluding hydrogens is 308 g/mol. The molecule has 0 unspecified atom stereocenters. The van der Waals surface area contributed by atoms with Gasteiger partial charge in [0.15, 0.2) is 0 Å². The first-order valence-electron chi connectivity index (χ1n) is 7.00. The van der Waals surface area contributed by atoms with Crippen LogP contribution in [0.15, 0.2) is 23.1 Å². The molecule has 1 aromatic rings. The Bertz CT molecular complexity index is 526. The molecule has 0 saturated heterocycles. The summed E-state index contributed by atoms with van der Waals surface area (Å²) in [5.41, 5.74) is 0.441. The van der Waals surface area contributed by atoms with E-state index in [1.54, 1.807) is 17.8 Å². The molecule has 6 heteroatoms.